The number of hydrogen-bond acceptors (Lipinski definition) is 5. The molecule has 0 spiro atoms. The predicted octanol–water partition coefficient (Wildman–Crippen LogP) is 2.88. The monoisotopic (exact) mass is 279 g/mol. The lowest BCUT2D eigenvalue weighted by atomic mass is 10.0. The fourth-order valence-corrected chi connectivity index (χ4v) is 2.42. The van der Waals surface area contributed by atoms with Crippen LogP contribution in [0.2, 0.25) is 0 Å². The minimum atomic E-state index is 0.225. The van der Waals surface area contributed by atoms with Gasteiger partial charge in [0.05, 0.1) is 11.1 Å². The van der Waals surface area contributed by atoms with Crippen LogP contribution >= 0.6 is 0 Å². The molecule has 21 heavy (non-hydrogen) atoms. The van der Waals surface area contributed by atoms with Gasteiger partial charge in [-0.15, -0.1) is 0 Å². The van der Waals surface area contributed by atoms with E-state index in [0.29, 0.717) is 11.5 Å². The number of aryl methyl sites for hydroxylation is 1. The van der Waals surface area contributed by atoms with Crippen LogP contribution in [-0.4, -0.2) is 22.0 Å². The van der Waals surface area contributed by atoms with Gasteiger partial charge in [-0.05, 0) is 18.1 Å². The van der Waals surface area contributed by atoms with Crippen molar-refractivity contribution < 1.29 is 0 Å². The zero-order valence-electron chi connectivity index (χ0n) is 12.1. The molecule has 0 radical (unpaired) electrons. The maximum atomic E-state index is 5.76. The van der Waals surface area contributed by atoms with Crippen molar-refractivity contribution in [3.05, 3.63) is 42.0 Å². The van der Waals surface area contributed by atoms with Gasteiger partial charge in [0.15, 0.2) is 5.65 Å². The first-order valence-electron chi connectivity index (χ1n) is 6.93. The van der Waals surface area contributed by atoms with E-state index >= 15 is 0 Å². The van der Waals surface area contributed by atoms with Gasteiger partial charge >= 0.3 is 0 Å². The summed E-state index contributed by atoms with van der Waals surface area (Å²) in [5.41, 5.74) is 9.57. The van der Waals surface area contributed by atoms with Gasteiger partial charge in [0, 0.05) is 12.6 Å². The Labute approximate surface area is 123 Å². The first-order valence-corrected chi connectivity index (χ1v) is 6.93. The van der Waals surface area contributed by atoms with Gasteiger partial charge in [-0.2, -0.15) is 9.97 Å². The van der Waals surface area contributed by atoms with Crippen LogP contribution in [0.4, 0.5) is 11.8 Å². The highest BCUT2D eigenvalue weighted by Crippen LogP contribution is 2.28. The fraction of sp³-hybridized carbons (Fsp3) is 0.188. The number of nitrogens with two attached hydrogens (primary N) is 1. The molecule has 0 aliphatic heterocycles. The highest BCUT2D eigenvalue weighted by Gasteiger charge is 2.12. The van der Waals surface area contributed by atoms with Crippen molar-refractivity contribution in [1.29, 1.82) is 0 Å². The van der Waals surface area contributed by atoms with Crippen LogP contribution in [-0.2, 0) is 6.42 Å². The minimum absolute atomic E-state index is 0.225. The van der Waals surface area contributed by atoms with Crippen LogP contribution in [0.25, 0.3) is 22.3 Å². The summed E-state index contributed by atoms with van der Waals surface area (Å²) in [5.74, 6) is 0.932. The lowest BCUT2D eigenvalue weighted by molar-refractivity contribution is 1.11. The Balaban J connectivity index is 2.31. The van der Waals surface area contributed by atoms with E-state index < -0.39 is 0 Å². The van der Waals surface area contributed by atoms with Crippen molar-refractivity contribution in [3.8, 4) is 11.3 Å². The molecule has 2 heterocycles. The second-order valence-electron chi connectivity index (χ2n) is 4.77. The van der Waals surface area contributed by atoms with Gasteiger partial charge in [-0.1, -0.05) is 37.3 Å². The van der Waals surface area contributed by atoms with Crippen molar-refractivity contribution in [1.82, 2.24) is 15.0 Å². The summed E-state index contributed by atoms with van der Waals surface area (Å²) in [6, 6.07) is 12.2. The minimum Gasteiger partial charge on any atom is -0.372 e. The van der Waals surface area contributed by atoms with E-state index in [4.69, 9.17) is 10.7 Å². The van der Waals surface area contributed by atoms with Gasteiger partial charge in [-0.3, -0.25) is 0 Å². The third kappa shape index (κ3) is 2.38. The molecule has 3 aromatic rings. The Morgan fingerprint density at radius 3 is 2.52 bits per heavy atom. The zero-order valence-corrected chi connectivity index (χ0v) is 12.1. The molecule has 2 aromatic heterocycles. The molecule has 0 amide bonds. The quantitative estimate of drug-likeness (QED) is 0.771. The summed E-state index contributed by atoms with van der Waals surface area (Å²) in [6.07, 6.45) is 0.890. The van der Waals surface area contributed by atoms with Crippen molar-refractivity contribution in [3.63, 3.8) is 0 Å². The van der Waals surface area contributed by atoms with Crippen LogP contribution < -0.4 is 11.1 Å². The van der Waals surface area contributed by atoms with Crippen LogP contribution in [0, 0.1) is 0 Å². The van der Waals surface area contributed by atoms with E-state index in [1.807, 2.05) is 25.2 Å². The summed E-state index contributed by atoms with van der Waals surface area (Å²) >= 11 is 0. The van der Waals surface area contributed by atoms with Crippen molar-refractivity contribution in [2.24, 2.45) is 0 Å². The van der Waals surface area contributed by atoms with E-state index in [2.05, 4.69) is 40.4 Å². The SMILES string of the molecule is CCc1cc2c(NC)nc(N)nc2nc1-c1ccccc1. The Kier molecular flexibility index (Phi) is 3.39. The molecule has 0 atom stereocenters. The molecule has 3 rings (SSSR count). The molecule has 0 bridgehead atoms. The topological polar surface area (TPSA) is 76.7 Å². The highest BCUT2D eigenvalue weighted by atomic mass is 15.1. The number of nitrogens with zero attached hydrogens (tertiary/aromatic N) is 3. The summed E-state index contributed by atoms with van der Waals surface area (Å²) in [7, 11) is 1.82. The lowest BCUT2D eigenvalue weighted by Crippen LogP contribution is -2.04. The van der Waals surface area contributed by atoms with Gasteiger partial charge in [0.2, 0.25) is 5.95 Å². The molecule has 5 nitrogen and oxygen atoms in total. The maximum absolute atomic E-state index is 5.76. The number of nitrogens with one attached hydrogen (secondary N) is 1. The normalized spacial score (nSPS) is 10.8. The maximum Gasteiger partial charge on any atom is 0.224 e. The zero-order chi connectivity index (χ0) is 14.8. The number of pyridine rings is 1. The van der Waals surface area contributed by atoms with Gasteiger partial charge in [0.1, 0.15) is 5.82 Å². The number of rotatable bonds is 3. The molecule has 5 heteroatoms. The second kappa shape index (κ2) is 5.36. The molecule has 0 aliphatic carbocycles. The van der Waals surface area contributed by atoms with Crippen molar-refractivity contribution in [2.45, 2.75) is 13.3 Å². The summed E-state index contributed by atoms with van der Waals surface area (Å²) in [4.78, 5) is 13.2. The van der Waals surface area contributed by atoms with E-state index in [1.165, 1.54) is 5.56 Å². The molecule has 0 saturated heterocycles. The number of aromatic nitrogens is 3. The molecule has 0 saturated carbocycles. The number of hydrogen-bond donors (Lipinski definition) is 2. The van der Waals surface area contributed by atoms with Gasteiger partial charge in [0.25, 0.3) is 0 Å². The smallest absolute Gasteiger partial charge is 0.224 e. The Hall–Kier alpha value is -2.69. The van der Waals surface area contributed by atoms with E-state index in [9.17, 15) is 0 Å². The first kappa shape index (κ1) is 13.3. The number of anilines is 2. The molecule has 106 valence electrons. The Morgan fingerprint density at radius 2 is 1.86 bits per heavy atom. The van der Waals surface area contributed by atoms with E-state index in [0.717, 1.165) is 23.1 Å². The fourth-order valence-electron chi connectivity index (χ4n) is 2.42. The Bertz CT molecular complexity index is 784. The molecule has 3 N–H and O–H groups in total. The van der Waals surface area contributed by atoms with Crippen LogP contribution in [0.5, 0.6) is 0 Å². The predicted molar refractivity (Wildman–Crippen MR) is 86.1 cm³/mol. The van der Waals surface area contributed by atoms with Gasteiger partial charge < -0.3 is 11.1 Å². The number of nitrogen functional groups attached to an aromatic ring is 1. The standard InChI is InChI=1S/C16H17N5/c1-3-10-9-12-14(18-2)20-16(17)21-15(12)19-13(10)11-7-5-4-6-8-11/h4-9H,3H2,1-2H3,(H3,17,18,19,20,21). The highest BCUT2D eigenvalue weighted by molar-refractivity contribution is 5.90. The van der Waals surface area contributed by atoms with Crippen LogP contribution in [0.1, 0.15) is 12.5 Å². The van der Waals surface area contributed by atoms with Crippen LogP contribution in [0.3, 0.4) is 0 Å². The first-order chi connectivity index (χ1) is 10.2. The van der Waals surface area contributed by atoms with Crippen LogP contribution in [0.15, 0.2) is 36.4 Å². The summed E-state index contributed by atoms with van der Waals surface area (Å²) in [5, 5.41) is 3.94. The van der Waals surface area contributed by atoms with E-state index in [1.54, 1.807) is 0 Å². The van der Waals surface area contributed by atoms with Crippen molar-refractivity contribution in [2.75, 3.05) is 18.1 Å². The molecule has 1 aromatic carbocycles. The third-order valence-electron chi connectivity index (χ3n) is 3.45. The molecular weight excluding hydrogens is 262 g/mol. The number of benzene rings is 1. The average Bonchev–Trinajstić information content (AvgIpc) is 2.53. The molecule has 0 unspecified atom stereocenters. The molecule has 0 fully saturated rings. The third-order valence-corrected chi connectivity index (χ3v) is 3.45. The summed E-state index contributed by atoms with van der Waals surface area (Å²) in [6.45, 7) is 2.12. The largest absolute Gasteiger partial charge is 0.372 e. The number of fused-ring (bicyclic) bond motifs is 1. The lowest BCUT2D eigenvalue weighted by Gasteiger charge is -2.11. The van der Waals surface area contributed by atoms with Gasteiger partial charge in [-0.25, -0.2) is 4.98 Å². The molecular formula is C16H17N5. The second-order valence-corrected chi connectivity index (χ2v) is 4.77. The van der Waals surface area contributed by atoms with Crippen molar-refractivity contribution >= 4 is 22.8 Å². The average molecular weight is 279 g/mol. The summed E-state index contributed by atoms with van der Waals surface area (Å²) < 4.78 is 0. The Morgan fingerprint density at radius 1 is 1.10 bits per heavy atom. The molecule has 0 aliphatic rings. The van der Waals surface area contributed by atoms with E-state index in [-0.39, 0.29) is 5.95 Å².